The van der Waals surface area contributed by atoms with Crippen molar-refractivity contribution in [2.45, 2.75) is 55.4 Å². The second-order valence-corrected chi connectivity index (χ2v) is 6.59. The highest BCUT2D eigenvalue weighted by molar-refractivity contribution is 5.92. The van der Waals surface area contributed by atoms with E-state index in [1.165, 1.54) is 0 Å². The van der Waals surface area contributed by atoms with Gasteiger partial charge in [0.25, 0.3) is 0 Å². The molecule has 0 rings (SSSR count). The van der Waals surface area contributed by atoms with Gasteiger partial charge in [-0.3, -0.25) is 4.79 Å². The topological polar surface area (TPSA) is 41.5 Å². The summed E-state index contributed by atoms with van der Waals surface area (Å²) in [5, 5.41) is 4.28. The average molecular weight is 226 g/mol. The Balaban J connectivity index is 4.81. The lowest BCUT2D eigenvalue weighted by Crippen LogP contribution is -2.35. The molecule has 0 aliphatic heterocycles. The van der Waals surface area contributed by atoms with Crippen molar-refractivity contribution >= 4 is 11.6 Å². The molecule has 0 radical (unpaired) electrons. The first-order valence-corrected chi connectivity index (χ1v) is 5.84. The molecule has 3 nitrogen and oxygen atoms in total. The van der Waals surface area contributed by atoms with Crippen LogP contribution in [0.2, 0.25) is 0 Å². The van der Waals surface area contributed by atoms with Gasteiger partial charge in [-0.05, 0) is 5.92 Å². The van der Waals surface area contributed by atoms with E-state index >= 15 is 0 Å². The summed E-state index contributed by atoms with van der Waals surface area (Å²) in [5.41, 5.74) is 3.26. The van der Waals surface area contributed by atoms with Crippen molar-refractivity contribution in [2.75, 3.05) is 0 Å². The number of rotatable bonds is 2. The highest BCUT2D eigenvalue weighted by atomic mass is 16.2. The molecular formula is C13H26N2O. The van der Waals surface area contributed by atoms with Crippen LogP contribution in [0.15, 0.2) is 5.10 Å². The lowest BCUT2D eigenvalue weighted by atomic mass is 9.84. The number of hydrogen-bond donors (Lipinski definition) is 1. The summed E-state index contributed by atoms with van der Waals surface area (Å²) in [6.45, 7) is 16.1. The molecule has 1 N–H and O–H groups in total. The van der Waals surface area contributed by atoms with E-state index < -0.39 is 5.41 Å². The van der Waals surface area contributed by atoms with Crippen molar-refractivity contribution in [3.05, 3.63) is 0 Å². The molecule has 0 aromatic rings. The van der Waals surface area contributed by atoms with Crippen LogP contribution < -0.4 is 5.43 Å². The van der Waals surface area contributed by atoms with E-state index in [1.54, 1.807) is 0 Å². The molecule has 0 atom stereocenters. The molecule has 16 heavy (non-hydrogen) atoms. The Kier molecular flexibility index (Phi) is 4.71. The summed E-state index contributed by atoms with van der Waals surface area (Å²) in [6, 6.07) is 0. The third-order valence-electron chi connectivity index (χ3n) is 2.27. The summed E-state index contributed by atoms with van der Waals surface area (Å²) < 4.78 is 0. The molecule has 0 bridgehead atoms. The predicted molar refractivity (Wildman–Crippen MR) is 69.3 cm³/mol. The second-order valence-electron chi connectivity index (χ2n) is 6.59. The van der Waals surface area contributed by atoms with Crippen LogP contribution in [0.5, 0.6) is 0 Å². The van der Waals surface area contributed by atoms with Gasteiger partial charge in [-0.25, -0.2) is 5.43 Å². The smallest absolute Gasteiger partial charge is 0.245 e. The van der Waals surface area contributed by atoms with Gasteiger partial charge in [-0.2, -0.15) is 5.10 Å². The van der Waals surface area contributed by atoms with Crippen molar-refractivity contribution in [2.24, 2.45) is 21.8 Å². The Morgan fingerprint density at radius 2 is 1.44 bits per heavy atom. The molecule has 0 heterocycles. The Morgan fingerprint density at radius 1 is 1.00 bits per heavy atom. The average Bonchev–Trinajstić information content (AvgIpc) is 1.98. The van der Waals surface area contributed by atoms with Crippen LogP contribution in [0, 0.1) is 16.7 Å². The minimum atomic E-state index is -0.399. The first-order chi connectivity index (χ1) is 6.96. The Hall–Kier alpha value is -0.860. The molecule has 3 heteroatoms. The lowest BCUT2D eigenvalue weighted by molar-refractivity contribution is -0.128. The number of hydrazone groups is 1. The fourth-order valence-electron chi connectivity index (χ4n) is 1.44. The van der Waals surface area contributed by atoms with Crippen molar-refractivity contribution in [1.82, 2.24) is 5.43 Å². The van der Waals surface area contributed by atoms with E-state index in [-0.39, 0.29) is 11.3 Å². The van der Waals surface area contributed by atoms with Crippen LogP contribution in [0.1, 0.15) is 55.4 Å². The van der Waals surface area contributed by atoms with E-state index in [9.17, 15) is 4.79 Å². The zero-order chi connectivity index (χ0) is 13.1. The molecule has 94 valence electrons. The third-order valence-corrected chi connectivity index (χ3v) is 2.27. The lowest BCUT2D eigenvalue weighted by Gasteiger charge is -2.25. The molecule has 0 spiro atoms. The maximum Gasteiger partial charge on any atom is 0.245 e. The molecule has 0 unspecified atom stereocenters. The molecule has 1 amide bonds. The minimum Gasteiger partial charge on any atom is -0.273 e. The molecule has 0 aliphatic carbocycles. The summed E-state index contributed by atoms with van der Waals surface area (Å²) in [7, 11) is 0. The monoisotopic (exact) mass is 226 g/mol. The van der Waals surface area contributed by atoms with Crippen LogP contribution in [0.3, 0.4) is 0 Å². The Bertz CT molecular complexity index is 277. The quantitative estimate of drug-likeness (QED) is 0.570. The van der Waals surface area contributed by atoms with Gasteiger partial charge in [0, 0.05) is 16.5 Å². The van der Waals surface area contributed by atoms with Gasteiger partial charge in [-0.15, -0.1) is 0 Å². The van der Waals surface area contributed by atoms with Crippen LogP contribution >= 0.6 is 0 Å². The van der Waals surface area contributed by atoms with Gasteiger partial charge in [0.1, 0.15) is 0 Å². The van der Waals surface area contributed by atoms with Crippen LogP contribution in [-0.2, 0) is 4.79 Å². The largest absolute Gasteiger partial charge is 0.273 e. The Morgan fingerprint density at radius 3 is 1.69 bits per heavy atom. The van der Waals surface area contributed by atoms with Crippen molar-refractivity contribution < 1.29 is 4.79 Å². The zero-order valence-electron chi connectivity index (χ0n) is 11.9. The molecule has 0 fully saturated rings. The zero-order valence-corrected chi connectivity index (χ0v) is 11.9. The van der Waals surface area contributed by atoms with Crippen LogP contribution in [0.4, 0.5) is 0 Å². The van der Waals surface area contributed by atoms with E-state index in [1.807, 2.05) is 20.8 Å². The highest BCUT2D eigenvalue weighted by Gasteiger charge is 2.24. The van der Waals surface area contributed by atoms with Crippen molar-refractivity contribution in [3.63, 3.8) is 0 Å². The van der Waals surface area contributed by atoms with Crippen LogP contribution in [-0.4, -0.2) is 11.6 Å². The maximum absolute atomic E-state index is 11.7. The van der Waals surface area contributed by atoms with Gasteiger partial charge < -0.3 is 0 Å². The summed E-state index contributed by atoms with van der Waals surface area (Å²) in [6.07, 6.45) is 0. The molecule has 0 saturated heterocycles. The number of nitrogens with zero attached hydrogens (tertiary/aromatic N) is 1. The standard InChI is InChI=1S/C13H26N2O/c1-9(2)10(12(3,4)5)14-15-11(16)13(6,7)8/h9H,1-8H3,(H,15,16)/b14-10+. The second kappa shape index (κ2) is 4.98. The summed E-state index contributed by atoms with van der Waals surface area (Å²) >= 11 is 0. The fraction of sp³-hybridized carbons (Fsp3) is 0.846. The van der Waals surface area contributed by atoms with Crippen LogP contribution in [0.25, 0.3) is 0 Å². The van der Waals surface area contributed by atoms with Gasteiger partial charge >= 0.3 is 0 Å². The summed E-state index contributed by atoms with van der Waals surface area (Å²) in [4.78, 5) is 11.7. The van der Waals surface area contributed by atoms with E-state index in [2.05, 4.69) is 45.1 Å². The first kappa shape index (κ1) is 15.1. The first-order valence-electron chi connectivity index (χ1n) is 5.84. The Labute approximate surface area is 99.7 Å². The number of hydrogen-bond acceptors (Lipinski definition) is 2. The van der Waals surface area contributed by atoms with Gasteiger partial charge in [-0.1, -0.05) is 55.4 Å². The van der Waals surface area contributed by atoms with E-state index in [4.69, 9.17) is 0 Å². The fourth-order valence-corrected chi connectivity index (χ4v) is 1.44. The molecule has 0 aromatic heterocycles. The molecule has 0 aromatic carbocycles. The number of amides is 1. The molecule has 0 saturated carbocycles. The van der Waals surface area contributed by atoms with Crippen molar-refractivity contribution in [1.29, 1.82) is 0 Å². The molecular weight excluding hydrogens is 200 g/mol. The highest BCUT2D eigenvalue weighted by Crippen LogP contribution is 2.21. The third kappa shape index (κ3) is 4.77. The van der Waals surface area contributed by atoms with Gasteiger partial charge in [0.15, 0.2) is 0 Å². The normalized spacial score (nSPS) is 14.2. The van der Waals surface area contributed by atoms with Gasteiger partial charge in [0.05, 0.1) is 0 Å². The number of carbonyl (C=O) groups is 1. The SMILES string of the molecule is CC(C)/C(=N\NC(=O)C(C)(C)C)C(C)(C)C. The number of nitrogens with one attached hydrogen (secondary N) is 1. The number of carbonyl (C=O) groups excluding carboxylic acids is 1. The summed E-state index contributed by atoms with van der Waals surface area (Å²) in [5.74, 6) is 0.287. The molecule has 0 aliphatic rings. The maximum atomic E-state index is 11.7. The van der Waals surface area contributed by atoms with Gasteiger partial charge in [0.2, 0.25) is 5.91 Å². The minimum absolute atomic E-state index is 0.0146. The van der Waals surface area contributed by atoms with Crippen molar-refractivity contribution in [3.8, 4) is 0 Å². The van der Waals surface area contributed by atoms with E-state index in [0.717, 1.165) is 5.71 Å². The van der Waals surface area contributed by atoms with E-state index in [0.29, 0.717) is 5.92 Å². The predicted octanol–water partition coefficient (Wildman–Crippen LogP) is 3.21.